The maximum absolute atomic E-state index is 13.7. The fourth-order valence-electron chi connectivity index (χ4n) is 3.29. The average molecular weight is 262 g/mol. The van der Waals surface area contributed by atoms with Crippen molar-refractivity contribution in [2.75, 3.05) is 0 Å². The van der Waals surface area contributed by atoms with E-state index in [0.29, 0.717) is 5.58 Å². The van der Waals surface area contributed by atoms with Crippen molar-refractivity contribution < 1.29 is 8.81 Å². The molecule has 2 aromatic rings. The van der Waals surface area contributed by atoms with E-state index in [9.17, 15) is 4.39 Å². The molecule has 0 radical (unpaired) electrons. The molecule has 1 atom stereocenters. The van der Waals surface area contributed by atoms with Gasteiger partial charge in [-0.2, -0.15) is 0 Å². The van der Waals surface area contributed by atoms with Gasteiger partial charge in [0.15, 0.2) is 11.4 Å². The SMILES string of the molecule is CC1(C(NN)c2cc3cccc(F)c3o2)CCCC1. The van der Waals surface area contributed by atoms with Crippen molar-refractivity contribution in [3.63, 3.8) is 0 Å². The molecule has 1 fully saturated rings. The number of fused-ring (bicyclic) bond motifs is 1. The molecule has 1 unspecified atom stereocenters. The molecule has 0 saturated heterocycles. The Bertz CT molecular complexity index is 587. The molecule has 1 aromatic heterocycles. The van der Waals surface area contributed by atoms with Gasteiger partial charge in [-0.1, -0.05) is 31.9 Å². The first-order chi connectivity index (χ1) is 9.14. The molecule has 1 aliphatic rings. The summed E-state index contributed by atoms with van der Waals surface area (Å²) < 4.78 is 19.4. The van der Waals surface area contributed by atoms with Crippen LogP contribution in [0.2, 0.25) is 0 Å². The molecule has 4 heteroatoms. The molecular weight excluding hydrogens is 243 g/mol. The Morgan fingerprint density at radius 2 is 2.11 bits per heavy atom. The van der Waals surface area contributed by atoms with Crippen molar-refractivity contribution in [1.29, 1.82) is 0 Å². The van der Waals surface area contributed by atoms with Crippen LogP contribution in [0.5, 0.6) is 0 Å². The number of furan rings is 1. The van der Waals surface area contributed by atoms with E-state index >= 15 is 0 Å². The lowest BCUT2D eigenvalue weighted by molar-refractivity contribution is 0.200. The second-order valence-corrected chi connectivity index (χ2v) is 5.77. The lowest BCUT2D eigenvalue weighted by Gasteiger charge is -2.31. The Balaban J connectivity index is 2.04. The fourth-order valence-corrected chi connectivity index (χ4v) is 3.29. The highest BCUT2D eigenvalue weighted by atomic mass is 19.1. The second-order valence-electron chi connectivity index (χ2n) is 5.77. The molecule has 3 nitrogen and oxygen atoms in total. The monoisotopic (exact) mass is 262 g/mol. The maximum atomic E-state index is 13.7. The van der Waals surface area contributed by atoms with Gasteiger partial charge in [-0.25, -0.2) is 9.82 Å². The van der Waals surface area contributed by atoms with Crippen LogP contribution in [0.1, 0.15) is 44.4 Å². The summed E-state index contributed by atoms with van der Waals surface area (Å²) in [5.74, 6) is 6.13. The molecular formula is C15H19FN2O. The summed E-state index contributed by atoms with van der Waals surface area (Å²) in [7, 11) is 0. The molecule has 1 saturated carbocycles. The van der Waals surface area contributed by atoms with Gasteiger partial charge < -0.3 is 4.42 Å². The van der Waals surface area contributed by atoms with Crippen molar-refractivity contribution in [2.24, 2.45) is 11.3 Å². The smallest absolute Gasteiger partial charge is 0.169 e. The Kier molecular flexibility index (Phi) is 3.07. The van der Waals surface area contributed by atoms with Crippen molar-refractivity contribution in [3.8, 4) is 0 Å². The van der Waals surface area contributed by atoms with Crippen molar-refractivity contribution >= 4 is 11.0 Å². The zero-order valence-electron chi connectivity index (χ0n) is 11.1. The zero-order chi connectivity index (χ0) is 13.5. The number of nitrogens with one attached hydrogen (secondary N) is 1. The van der Waals surface area contributed by atoms with E-state index in [2.05, 4.69) is 12.3 Å². The molecule has 3 rings (SSSR count). The minimum absolute atomic E-state index is 0.0678. The van der Waals surface area contributed by atoms with Crippen LogP contribution in [-0.2, 0) is 0 Å². The van der Waals surface area contributed by atoms with Crippen LogP contribution in [0.4, 0.5) is 4.39 Å². The van der Waals surface area contributed by atoms with Crippen LogP contribution in [0.25, 0.3) is 11.0 Å². The fraction of sp³-hybridized carbons (Fsp3) is 0.467. The lowest BCUT2D eigenvalue weighted by atomic mass is 9.80. The lowest BCUT2D eigenvalue weighted by Crippen LogP contribution is -2.38. The Labute approximate surface area is 111 Å². The number of benzene rings is 1. The Morgan fingerprint density at radius 1 is 1.37 bits per heavy atom. The Morgan fingerprint density at radius 3 is 2.74 bits per heavy atom. The molecule has 1 aromatic carbocycles. The van der Waals surface area contributed by atoms with E-state index in [1.165, 1.54) is 18.9 Å². The van der Waals surface area contributed by atoms with Crippen molar-refractivity contribution in [1.82, 2.24) is 5.43 Å². The number of hydrazine groups is 1. The molecule has 1 heterocycles. The minimum Gasteiger partial charge on any atom is -0.456 e. The molecule has 1 aliphatic carbocycles. The number of para-hydroxylation sites is 1. The third-order valence-electron chi connectivity index (χ3n) is 4.41. The quantitative estimate of drug-likeness (QED) is 0.655. The summed E-state index contributed by atoms with van der Waals surface area (Å²) >= 11 is 0. The van der Waals surface area contributed by atoms with Crippen LogP contribution in [-0.4, -0.2) is 0 Å². The van der Waals surface area contributed by atoms with E-state index < -0.39 is 0 Å². The summed E-state index contributed by atoms with van der Waals surface area (Å²) in [6, 6.07) is 6.79. The van der Waals surface area contributed by atoms with Gasteiger partial charge in [0.25, 0.3) is 0 Å². The summed E-state index contributed by atoms with van der Waals surface area (Å²) in [6.07, 6.45) is 4.65. The third kappa shape index (κ3) is 2.05. The normalized spacial score (nSPS) is 19.9. The van der Waals surface area contributed by atoms with Crippen LogP contribution in [0.15, 0.2) is 28.7 Å². The summed E-state index contributed by atoms with van der Waals surface area (Å²) in [5, 5.41) is 0.789. The predicted molar refractivity (Wildman–Crippen MR) is 72.8 cm³/mol. The van der Waals surface area contributed by atoms with Gasteiger partial charge in [0.1, 0.15) is 5.76 Å². The summed E-state index contributed by atoms with van der Waals surface area (Å²) in [4.78, 5) is 0. The summed E-state index contributed by atoms with van der Waals surface area (Å²) in [5.41, 5.74) is 3.27. The van der Waals surface area contributed by atoms with E-state index in [0.717, 1.165) is 24.0 Å². The van der Waals surface area contributed by atoms with Crippen LogP contribution < -0.4 is 11.3 Å². The van der Waals surface area contributed by atoms with Gasteiger partial charge in [-0.05, 0) is 30.4 Å². The average Bonchev–Trinajstić information content (AvgIpc) is 2.98. The van der Waals surface area contributed by atoms with Gasteiger partial charge in [0.2, 0.25) is 0 Å². The predicted octanol–water partition coefficient (Wildman–Crippen LogP) is 3.66. The minimum atomic E-state index is -0.323. The van der Waals surface area contributed by atoms with Crippen molar-refractivity contribution in [3.05, 3.63) is 35.8 Å². The first-order valence-electron chi connectivity index (χ1n) is 6.78. The number of halogens is 1. The first-order valence-corrected chi connectivity index (χ1v) is 6.78. The highest BCUT2D eigenvalue weighted by Crippen LogP contribution is 2.47. The van der Waals surface area contributed by atoms with E-state index in [-0.39, 0.29) is 17.3 Å². The van der Waals surface area contributed by atoms with Gasteiger partial charge in [-0.3, -0.25) is 5.84 Å². The summed E-state index contributed by atoms with van der Waals surface area (Å²) in [6.45, 7) is 2.22. The molecule has 0 amide bonds. The molecule has 0 bridgehead atoms. The zero-order valence-corrected chi connectivity index (χ0v) is 11.1. The largest absolute Gasteiger partial charge is 0.456 e. The topological polar surface area (TPSA) is 51.2 Å². The highest BCUT2D eigenvalue weighted by Gasteiger charge is 2.39. The van der Waals surface area contributed by atoms with E-state index in [1.54, 1.807) is 6.07 Å². The molecule has 0 spiro atoms. The number of hydrogen-bond donors (Lipinski definition) is 2. The second kappa shape index (κ2) is 4.62. The van der Waals surface area contributed by atoms with Crippen LogP contribution in [0, 0.1) is 11.2 Å². The molecule has 0 aliphatic heterocycles. The highest BCUT2D eigenvalue weighted by molar-refractivity contribution is 5.78. The van der Waals surface area contributed by atoms with Crippen LogP contribution >= 0.6 is 0 Å². The number of nitrogens with two attached hydrogens (primary N) is 1. The maximum Gasteiger partial charge on any atom is 0.169 e. The Hall–Kier alpha value is -1.39. The van der Waals surface area contributed by atoms with Gasteiger partial charge in [0.05, 0.1) is 6.04 Å². The van der Waals surface area contributed by atoms with Crippen molar-refractivity contribution in [2.45, 2.75) is 38.6 Å². The van der Waals surface area contributed by atoms with E-state index in [1.807, 2.05) is 12.1 Å². The number of rotatable bonds is 3. The molecule has 102 valence electrons. The van der Waals surface area contributed by atoms with Crippen LogP contribution in [0.3, 0.4) is 0 Å². The third-order valence-corrected chi connectivity index (χ3v) is 4.41. The molecule has 3 N–H and O–H groups in total. The molecule has 19 heavy (non-hydrogen) atoms. The van der Waals surface area contributed by atoms with Gasteiger partial charge >= 0.3 is 0 Å². The number of hydrogen-bond acceptors (Lipinski definition) is 3. The van der Waals surface area contributed by atoms with Gasteiger partial charge in [-0.15, -0.1) is 0 Å². The standard InChI is InChI=1S/C15H19FN2O/c1-15(7-2-3-8-15)14(18-17)12-9-10-5-4-6-11(16)13(10)19-12/h4-6,9,14,18H,2-3,7-8,17H2,1H3. The van der Waals surface area contributed by atoms with E-state index in [4.69, 9.17) is 10.3 Å². The van der Waals surface area contributed by atoms with Gasteiger partial charge in [0, 0.05) is 5.39 Å². The first kappa shape index (κ1) is 12.6.